The SMILES string of the molecule is CC(C)N1CCO[C@H](C(=O)NCc2nc3ccccc3n2C(C)C)C1. The van der Waals surface area contributed by atoms with Gasteiger partial charge in [-0.15, -0.1) is 0 Å². The number of fused-ring (bicyclic) bond motifs is 1. The highest BCUT2D eigenvalue weighted by molar-refractivity contribution is 5.81. The lowest BCUT2D eigenvalue weighted by molar-refractivity contribution is -0.139. The largest absolute Gasteiger partial charge is 0.366 e. The molecular formula is C19H28N4O2. The topological polar surface area (TPSA) is 59.4 Å². The van der Waals surface area contributed by atoms with Gasteiger partial charge in [0, 0.05) is 25.2 Å². The Morgan fingerprint density at radius 3 is 2.76 bits per heavy atom. The molecule has 2 aromatic rings. The molecule has 6 heteroatoms. The average molecular weight is 344 g/mol. The summed E-state index contributed by atoms with van der Waals surface area (Å²) in [5.74, 6) is 0.814. The number of nitrogens with one attached hydrogen (secondary N) is 1. The molecule has 0 unspecified atom stereocenters. The third-order valence-electron chi connectivity index (χ3n) is 4.73. The summed E-state index contributed by atoms with van der Waals surface area (Å²) < 4.78 is 7.84. The summed E-state index contributed by atoms with van der Waals surface area (Å²) >= 11 is 0. The van der Waals surface area contributed by atoms with E-state index >= 15 is 0 Å². The molecule has 1 aliphatic rings. The van der Waals surface area contributed by atoms with Crippen LogP contribution in [0, 0.1) is 0 Å². The van der Waals surface area contributed by atoms with Crippen molar-refractivity contribution in [1.82, 2.24) is 19.8 Å². The average Bonchev–Trinajstić information content (AvgIpc) is 2.98. The first-order chi connectivity index (χ1) is 12.0. The molecule has 0 spiro atoms. The van der Waals surface area contributed by atoms with Crippen LogP contribution in [0.5, 0.6) is 0 Å². The van der Waals surface area contributed by atoms with E-state index in [1.807, 2.05) is 18.2 Å². The monoisotopic (exact) mass is 344 g/mol. The lowest BCUT2D eigenvalue weighted by atomic mass is 10.2. The summed E-state index contributed by atoms with van der Waals surface area (Å²) in [6.07, 6.45) is -0.409. The molecule has 6 nitrogen and oxygen atoms in total. The smallest absolute Gasteiger partial charge is 0.250 e. The van der Waals surface area contributed by atoms with Gasteiger partial charge in [-0.25, -0.2) is 4.98 Å². The van der Waals surface area contributed by atoms with E-state index in [9.17, 15) is 4.79 Å². The minimum absolute atomic E-state index is 0.0623. The number of morpholine rings is 1. The Labute approximate surface area is 149 Å². The van der Waals surface area contributed by atoms with Crippen LogP contribution in [-0.4, -0.2) is 52.2 Å². The third-order valence-corrected chi connectivity index (χ3v) is 4.73. The van der Waals surface area contributed by atoms with Gasteiger partial charge in [0.25, 0.3) is 5.91 Å². The lowest BCUT2D eigenvalue weighted by Gasteiger charge is -2.34. The number of carbonyl (C=O) groups excluding carboxylic acids is 1. The number of hydrogen-bond acceptors (Lipinski definition) is 4. The highest BCUT2D eigenvalue weighted by atomic mass is 16.5. The van der Waals surface area contributed by atoms with E-state index in [4.69, 9.17) is 9.72 Å². The van der Waals surface area contributed by atoms with Gasteiger partial charge in [0.15, 0.2) is 0 Å². The minimum Gasteiger partial charge on any atom is -0.366 e. The molecule has 1 N–H and O–H groups in total. The van der Waals surface area contributed by atoms with Crippen LogP contribution in [0.4, 0.5) is 0 Å². The van der Waals surface area contributed by atoms with Crippen molar-refractivity contribution in [3.05, 3.63) is 30.1 Å². The van der Waals surface area contributed by atoms with E-state index in [0.717, 1.165) is 23.4 Å². The standard InChI is InChI=1S/C19H28N4O2/c1-13(2)22-9-10-25-17(12-22)19(24)20-11-18-21-15-7-5-6-8-16(15)23(18)14(3)4/h5-8,13-14,17H,9-12H2,1-4H3,(H,20,24)/t17-/m0/s1. The van der Waals surface area contributed by atoms with Gasteiger partial charge in [0.1, 0.15) is 11.9 Å². The summed E-state index contributed by atoms with van der Waals surface area (Å²) in [4.78, 5) is 19.5. The van der Waals surface area contributed by atoms with Crippen molar-refractivity contribution in [2.45, 2.75) is 52.4 Å². The normalized spacial score (nSPS) is 19.0. The number of amides is 1. The van der Waals surface area contributed by atoms with Gasteiger partial charge in [-0.3, -0.25) is 9.69 Å². The van der Waals surface area contributed by atoms with Crippen molar-refractivity contribution in [3.8, 4) is 0 Å². The number of hydrogen-bond donors (Lipinski definition) is 1. The molecule has 0 bridgehead atoms. The number of ether oxygens (including phenoxy) is 1. The van der Waals surface area contributed by atoms with Crippen LogP contribution >= 0.6 is 0 Å². The molecule has 3 rings (SSSR count). The molecule has 1 aromatic carbocycles. The van der Waals surface area contributed by atoms with Crippen LogP contribution in [0.15, 0.2) is 24.3 Å². The molecule has 1 amide bonds. The van der Waals surface area contributed by atoms with Crippen LogP contribution in [-0.2, 0) is 16.1 Å². The summed E-state index contributed by atoms with van der Waals surface area (Å²) in [6, 6.07) is 8.77. The fourth-order valence-electron chi connectivity index (χ4n) is 3.37. The Kier molecular flexibility index (Phi) is 5.39. The highest BCUT2D eigenvalue weighted by Gasteiger charge is 2.28. The first-order valence-electron chi connectivity index (χ1n) is 9.06. The highest BCUT2D eigenvalue weighted by Crippen LogP contribution is 2.21. The van der Waals surface area contributed by atoms with Gasteiger partial charge in [0.05, 0.1) is 24.2 Å². The maximum absolute atomic E-state index is 12.5. The van der Waals surface area contributed by atoms with Gasteiger partial charge >= 0.3 is 0 Å². The molecule has 25 heavy (non-hydrogen) atoms. The maximum Gasteiger partial charge on any atom is 0.250 e. The van der Waals surface area contributed by atoms with Gasteiger partial charge in [0.2, 0.25) is 0 Å². The minimum atomic E-state index is -0.409. The van der Waals surface area contributed by atoms with E-state index in [1.165, 1.54) is 0 Å². The first kappa shape index (κ1) is 17.9. The zero-order chi connectivity index (χ0) is 18.0. The second kappa shape index (κ2) is 7.54. The van der Waals surface area contributed by atoms with Crippen molar-refractivity contribution in [2.24, 2.45) is 0 Å². The van der Waals surface area contributed by atoms with Gasteiger partial charge < -0.3 is 14.6 Å². The molecule has 1 atom stereocenters. The lowest BCUT2D eigenvalue weighted by Crippen LogP contribution is -2.51. The fraction of sp³-hybridized carbons (Fsp3) is 0.579. The molecule has 1 fully saturated rings. The van der Waals surface area contributed by atoms with E-state index in [-0.39, 0.29) is 11.9 Å². The van der Waals surface area contributed by atoms with Crippen molar-refractivity contribution < 1.29 is 9.53 Å². The molecule has 0 aliphatic carbocycles. The summed E-state index contributed by atoms with van der Waals surface area (Å²) in [6.45, 7) is 11.1. The van der Waals surface area contributed by atoms with Crippen molar-refractivity contribution in [1.29, 1.82) is 0 Å². The first-order valence-corrected chi connectivity index (χ1v) is 9.06. The Bertz CT molecular complexity index is 738. The van der Waals surface area contributed by atoms with Crippen LogP contribution in [0.1, 0.15) is 39.6 Å². The molecule has 1 saturated heterocycles. The van der Waals surface area contributed by atoms with Crippen molar-refractivity contribution in [3.63, 3.8) is 0 Å². The Morgan fingerprint density at radius 2 is 2.04 bits per heavy atom. The number of para-hydroxylation sites is 2. The van der Waals surface area contributed by atoms with Crippen molar-refractivity contribution >= 4 is 16.9 Å². The van der Waals surface area contributed by atoms with Gasteiger partial charge in [-0.05, 0) is 39.8 Å². The summed E-state index contributed by atoms with van der Waals surface area (Å²) in [7, 11) is 0. The molecule has 0 saturated carbocycles. The van der Waals surface area contributed by atoms with Gasteiger partial charge in [-0.2, -0.15) is 0 Å². The Balaban J connectivity index is 1.70. The zero-order valence-corrected chi connectivity index (χ0v) is 15.5. The molecule has 1 aromatic heterocycles. The second-order valence-corrected chi connectivity index (χ2v) is 7.15. The predicted octanol–water partition coefficient (Wildman–Crippen LogP) is 2.34. The molecule has 2 heterocycles. The predicted molar refractivity (Wildman–Crippen MR) is 98.4 cm³/mol. The number of nitrogens with zero attached hydrogens (tertiary/aromatic N) is 3. The quantitative estimate of drug-likeness (QED) is 0.904. The van der Waals surface area contributed by atoms with Crippen LogP contribution in [0.25, 0.3) is 11.0 Å². The molecule has 136 valence electrons. The number of aromatic nitrogens is 2. The van der Waals surface area contributed by atoms with E-state index in [2.05, 4.69) is 48.5 Å². The Hall–Kier alpha value is -1.92. The van der Waals surface area contributed by atoms with E-state index in [1.54, 1.807) is 0 Å². The summed E-state index contributed by atoms with van der Waals surface area (Å²) in [5.41, 5.74) is 2.06. The summed E-state index contributed by atoms with van der Waals surface area (Å²) in [5, 5.41) is 3.01. The van der Waals surface area contributed by atoms with Crippen LogP contribution in [0.2, 0.25) is 0 Å². The van der Waals surface area contributed by atoms with Crippen LogP contribution in [0.3, 0.4) is 0 Å². The second-order valence-electron chi connectivity index (χ2n) is 7.15. The number of rotatable bonds is 5. The molecular weight excluding hydrogens is 316 g/mol. The molecule has 0 radical (unpaired) electrons. The molecule has 1 aliphatic heterocycles. The van der Waals surface area contributed by atoms with Crippen LogP contribution < -0.4 is 5.32 Å². The van der Waals surface area contributed by atoms with Crippen molar-refractivity contribution in [2.75, 3.05) is 19.7 Å². The number of carbonyl (C=O) groups is 1. The van der Waals surface area contributed by atoms with E-state index in [0.29, 0.717) is 25.7 Å². The Morgan fingerprint density at radius 1 is 1.28 bits per heavy atom. The van der Waals surface area contributed by atoms with Gasteiger partial charge in [-0.1, -0.05) is 12.1 Å². The fourth-order valence-corrected chi connectivity index (χ4v) is 3.37. The zero-order valence-electron chi connectivity index (χ0n) is 15.5. The number of imidazole rings is 1. The third kappa shape index (κ3) is 3.85. The van der Waals surface area contributed by atoms with E-state index < -0.39 is 6.10 Å². The maximum atomic E-state index is 12.5. The number of benzene rings is 1.